The zero-order valence-electron chi connectivity index (χ0n) is 9.20. The lowest BCUT2D eigenvalue weighted by molar-refractivity contribution is 0.416. The van der Waals surface area contributed by atoms with E-state index in [0.29, 0.717) is 0 Å². The van der Waals surface area contributed by atoms with Gasteiger partial charge in [0.2, 0.25) is 0 Å². The molecule has 2 rings (SSSR count). The summed E-state index contributed by atoms with van der Waals surface area (Å²) in [5, 5.41) is 0. The monoisotopic (exact) mass is 325 g/mol. The second-order valence-electron chi connectivity index (χ2n) is 3.53. The second kappa shape index (κ2) is 4.82. The molecule has 1 aromatic heterocycles. The van der Waals surface area contributed by atoms with Crippen molar-refractivity contribution in [2.45, 2.75) is 6.92 Å². The van der Waals surface area contributed by atoms with Crippen LogP contribution in [-0.2, 0) is 0 Å². The van der Waals surface area contributed by atoms with Crippen molar-refractivity contribution in [3.05, 3.63) is 45.8 Å². The van der Waals surface area contributed by atoms with Crippen LogP contribution in [0, 0.1) is 10.5 Å². The Balaban J connectivity index is 2.55. The van der Waals surface area contributed by atoms with Gasteiger partial charge in [0.1, 0.15) is 5.75 Å². The van der Waals surface area contributed by atoms with E-state index < -0.39 is 0 Å². The molecule has 2 aromatic rings. The summed E-state index contributed by atoms with van der Waals surface area (Å²) in [5.41, 5.74) is 3.26. The Morgan fingerprint density at radius 2 is 2.00 bits per heavy atom. The third-order valence-corrected chi connectivity index (χ3v) is 3.04. The van der Waals surface area contributed by atoms with Gasteiger partial charge in [-0.15, -0.1) is 0 Å². The van der Waals surface area contributed by atoms with Crippen LogP contribution in [0.4, 0.5) is 0 Å². The molecule has 82 valence electrons. The minimum Gasteiger partial charge on any atom is -0.496 e. The van der Waals surface area contributed by atoms with Gasteiger partial charge in [0.15, 0.2) is 0 Å². The molecule has 1 aromatic carbocycles. The van der Waals surface area contributed by atoms with Crippen LogP contribution >= 0.6 is 22.6 Å². The molecule has 0 radical (unpaired) electrons. The number of methoxy groups -OCH3 is 1. The van der Waals surface area contributed by atoms with Crippen molar-refractivity contribution >= 4 is 22.6 Å². The minimum atomic E-state index is 0.900. The standard InChI is InChI=1S/C13H12INO/c1-9-7-10(5-6-15-9)12-4-3-11(14)8-13(12)16-2/h3-8H,1-2H3. The zero-order valence-corrected chi connectivity index (χ0v) is 11.4. The van der Waals surface area contributed by atoms with Gasteiger partial charge in [0, 0.05) is 21.0 Å². The molecule has 0 spiro atoms. The van der Waals surface area contributed by atoms with Gasteiger partial charge in [-0.1, -0.05) is 0 Å². The fraction of sp³-hybridized carbons (Fsp3) is 0.154. The van der Waals surface area contributed by atoms with Crippen molar-refractivity contribution in [3.63, 3.8) is 0 Å². The summed E-state index contributed by atoms with van der Waals surface area (Å²) in [6.45, 7) is 1.99. The van der Waals surface area contributed by atoms with Gasteiger partial charge in [-0.3, -0.25) is 4.98 Å². The summed E-state index contributed by atoms with van der Waals surface area (Å²) >= 11 is 2.28. The van der Waals surface area contributed by atoms with Crippen LogP contribution in [-0.4, -0.2) is 12.1 Å². The number of hydrogen-bond acceptors (Lipinski definition) is 2. The highest BCUT2D eigenvalue weighted by Gasteiger charge is 2.06. The average molecular weight is 325 g/mol. The van der Waals surface area contributed by atoms with E-state index >= 15 is 0 Å². The van der Waals surface area contributed by atoms with Crippen molar-refractivity contribution in [2.75, 3.05) is 7.11 Å². The highest BCUT2D eigenvalue weighted by molar-refractivity contribution is 14.1. The molecule has 0 saturated heterocycles. The first-order valence-electron chi connectivity index (χ1n) is 4.97. The fourth-order valence-electron chi connectivity index (χ4n) is 1.62. The molecule has 0 saturated carbocycles. The minimum absolute atomic E-state index is 0.900. The van der Waals surface area contributed by atoms with E-state index in [-0.39, 0.29) is 0 Å². The number of hydrogen-bond donors (Lipinski definition) is 0. The Labute approximate surface area is 109 Å². The number of pyridine rings is 1. The second-order valence-corrected chi connectivity index (χ2v) is 4.78. The number of ether oxygens (including phenoxy) is 1. The van der Waals surface area contributed by atoms with Crippen molar-refractivity contribution in [3.8, 4) is 16.9 Å². The molecule has 1 heterocycles. The fourth-order valence-corrected chi connectivity index (χ4v) is 2.08. The summed E-state index contributed by atoms with van der Waals surface area (Å²) in [5.74, 6) is 0.900. The number of rotatable bonds is 2. The Morgan fingerprint density at radius 3 is 2.69 bits per heavy atom. The molecule has 0 atom stereocenters. The zero-order chi connectivity index (χ0) is 11.5. The molecule has 0 aliphatic heterocycles. The maximum atomic E-state index is 5.40. The van der Waals surface area contributed by atoms with Crippen LogP contribution in [0.2, 0.25) is 0 Å². The summed E-state index contributed by atoms with van der Waals surface area (Å²) in [6.07, 6.45) is 1.82. The molecule has 0 amide bonds. The highest BCUT2D eigenvalue weighted by Crippen LogP contribution is 2.31. The lowest BCUT2D eigenvalue weighted by Crippen LogP contribution is -1.90. The van der Waals surface area contributed by atoms with Gasteiger partial charge in [0.25, 0.3) is 0 Å². The van der Waals surface area contributed by atoms with E-state index in [4.69, 9.17) is 4.74 Å². The van der Waals surface area contributed by atoms with Gasteiger partial charge in [-0.2, -0.15) is 0 Å². The normalized spacial score (nSPS) is 10.2. The highest BCUT2D eigenvalue weighted by atomic mass is 127. The van der Waals surface area contributed by atoms with E-state index in [2.05, 4.69) is 45.8 Å². The van der Waals surface area contributed by atoms with Gasteiger partial charge in [0.05, 0.1) is 7.11 Å². The molecule has 0 aliphatic rings. The van der Waals surface area contributed by atoms with E-state index in [1.807, 2.05) is 25.3 Å². The van der Waals surface area contributed by atoms with Crippen LogP contribution in [0.25, 0.3) is 11.1 Å². The van der Waals surface area contributed by atoms with Crippen molar-refractivity contribution in [1.29, 1.82) is 0 Å². The predicted molar refractivity (Wildman–Crippen MR) is 73.7 cm³/mol. The Hall–Kier alpha value is -1.10. The number of aromatic nitrogens is 1. The van der Waals surface area contributed by atoms with Crippen LogP contribution in [0.1, 0.15) is 5.69 Å². The Bertz CT molecular complexity index is 511. The van der Waals surface area contributed by atoms with Gasteiger partial charge >= 0.3 is 0 Å². The molecule has 0 aliphatic carbocycles. The third kappa shape index (κ3) is 2.35. The predicted octanol–water partition coefficient (Wildman–Crippen LogP) is 3.67. The number of nitrogens with zero attached hydrogens (tertiary/aromatic N) is 1. The van der Waals surface area contributed by atoms with Crippen molar-refractivity contribution in [1.82, 2.24) is 4.98 Å². The maximum Gasteiger partial charge on any atom is 0.127 e. The molecular weight excluding hydrogens is 313 g/mol. The summed E-state index contributed by atoms with van der Waals surface area (Å²) in [7, 11) is 1.70. The average Bonchev–Trinajstić information content (AvgIpc) is 2.28. The first-order valence-corrected chi connectivity index (χ1v) is 6.05. The van der Waals surface area contributed by atoms with Gasteiger partial charge in [-0.05, 0) is 65.4 Å². The Morgan fingerprint density at radius 1 is 1.19 bits per heavy atom. The van der Waals surface area contributed by atoms with E-state index in [1.165, 1.54) is 3.57 Å². The molecule has 16 heavy (non-hydrogen) atoms. The largest absolute Gasteiger partial charge is 0.496 e. The topological polar surface area (TPSA) is 22.1 Å². The van der Waals surface area contributed by atoms with Crippen molar-refractivity contribution in [2.24, 2.45) is 0 Å². The SMILES string of the molecule is COc1cc(I)ccc1-c1ccnc(C)c1. The van der Waals surface area contributed by atoms with E-state index in [1.54, 1.807) is 7.11 Å². The molecule has 0 N–H and O–H groups in total. The third-order valence-electron chi connectivity index (χ3n) is 2.37. The van der Waals surface area contributed by atoms with Crippen LogP contribution in [0.5, 0.6) is 5.75 Å². The van der Waals surface area contributed by atoms with E-state index in [0.717, 1.165) is 22.6 Å². The number of halogens is 1. The number of benzene rings is 1. The first kappa shape index (κ1) is 11.4. The molecule has 0 bridgehead atoms. The van der Waals surface area contributed by atoms with Gasteiger partial charge in [-0.25, -0.2) is 0 Å². The first-order chi connectivity index (χ1) is 7.70. The van der Waals surface area contributed by atoms with Crippen LogP contribution < -0.4 is 4.74 Å². The Kier molecular flexibility index (Phi) is 3.43. The van der Waals surface area contributed by atoms with E-state index in [9.17, 15) is 0 Å². The lowest BCUT2D eigenvalue weighted by atomic mass is 10.1. The van der Waals surface area contributed by atoms with Crippen LogP contribution in [0.15, 0.2) is 36.5 Å². The summed E-state index contributed by atoms with van der Waals surface area (Å²) < 4.78 is 6.57. The summed E-state index contributed by atoms with van der Waals surface area (Å²) in [4.78, 5) is 4.20. The smallest absolute Gasteiger partial charge is 0.127 e. The molecule has 0 fully saturated rings. The number of aryl methyl sites for hydroxylation is 1. The lowest BCUT2D eigenvalue weighted by Gasteiger charge is -2.09. The molecule has 0 unspecified atom stereocenters. The summed E-state index contributed by atoms with van der Waals surface area (Å²) in [6, 6.07) is 10.2. The molecule has 2 nitrogen and oxygen atoms in total. The van der Waals surface area contributed by atoms with Gasteiger partial charge < -0.3 is 4.74 Å². The van der Waals surface area contributed by atoms with Crippen LogP contribution in [0.3, 0.4) is 0 Å². The molecular formula is C13H12INO. The quantitative estimate of drug-likeness (QED) is 0.786. The van der Waals surface area contributed by atoms with Crippen molar-refractivity contribution < 1.29 is 4.74 Å². The maximum absolute atomic E-state index is 5.40. The molecule has 3 heteroatoms.